The summed E-state index contributed by atoms with van der Waals surface area (Å²) in [6.45, 7) is 0. The molecule has 0 aliphatic carbocycles. The van der Waals surface area contributed by atoms with Gasteiger partial charge in [0, 0.05) is 28.0 Å². The van der Waals surface area contributed by atoms with Crippen molar-refractivity contribution >= 4 is 77.1 Å². The number of imidazole rings is 2. The van der Waals surface area contributed by atoms with Crippen molar-refractivity contribution in [3.63, 3.8) is 0 Å². The minimum Gasteiger partial charge on any atom is -0.309 e. The first kappa shape index (κ1) is 22.7. The molecule has 0 aliphatic rings. The first-order chi connectivity index (χ1) is 21.3. The zero-order chi connectivity index (χ0) is 28.1. The fourth-order valence-corrected chi connectivity index (χ4v) is 6.88. The maximum absolute atomic E-state index is 5.34. The fraction of sp³-hybridized carbons (Fsp3) is 0. The molecule has 5 aromatic carbocycles. The summed E-state index contributed by atoms with van der Waals surface area (Å²) in [6, 6.07) is 44.6. The van der Waals surface area contributed by atoms with Crippen molar-refractivity contribution in [2.24, 2.45) is 0 Å². The third-order valence-electron chi connectivity index (χ3n) is 8.66. The van der Waals surface area contributed by atoms with Crippen LogP contribution in [0, 0.1) is 0 Å². The van der Waals surface area contributed by atoms with Gasteiger partial charge in [-0.1, -0.05) is 66.7 Å². The van der Waals surface area contributed by atoms with E-state index in [-0.39, 0.29) is 0 Å². The minimum absolute atomic E-state index is 0.791. The highest BCUT2D eigenvalue weighted by Crippen LogP contribution is 2.34. The van der Waals surface area contributed by atoms with Crippen molar-refractivity contribution in [2.75, 3.05) is 0 Å². The molecule has 0 unspecified atom stereocenters. The van der Waals surface area contributed by atoms with E-state index in [2.05, 4.69) is 129 Å². The van der Waals surface area contributed by atoms with Gasteiger partial charge in [0.25, 0.3) is 0 Å². The predicted molar refractivity (Wildman–Crippen MR) is 175 cm³/mol. The molecule has 5 aromatic heterocycles. The summed E-state index contributed by atoms with van der Waals surface area (Å²) >= 11 is 0. The monoisotopic (exact) mass is 550 g/mol. The second kappa shape index (κ2) is 8.27. The predicted octanol–water partition coefficient (Wildman–Crippen LogP) is 8.65. The van der Waals surface area contributed by atoms with E-state index in [9.17, 15) is 0 Å². The Morgan fingerprint density at radius 3 is 1.74 bits per heavy atom. The van der Waals surface area contributed by atoms with Crippen LogP contribution in [0.3, 0.4) is 0 Å². The third-order valence-corrected chi connectivity index (χ3v) is 8.66. The molecule has 0 saturated carbocycles. The number of pyridine rings is 1. The van der Waals surface area contributed by atoms with Crippen LogP contribution in [0.2, 0.25) is 0 Å². The summed E-state index contributed by atoms with van der Waals surface area (Å²) in [5.74, 6) is 0. The summed E-state index contributed by atoms with van der Waals surface area (Å²) < 4.78 is 6.79. The van der Waals surface area contributed by atoms with Gasteiger partial charge in [-0.05, 0) is 60.7 Å². The molecule has 0 atom stereocenters. The Labute approximate surface area is 244 Å². The van der Waals surface area contributed by atoms with Crippen LogP contribution in [-0.2, 0) is 0 Å². The lowest BCUT2D eigenvalue weighted by molar-refractivity contribution is 1.18. The molecule has 0 fully saturated rings. The SMILES string of the molecule is c1ccc2c(c1)nc1c3nc4cc(-n5c6ccccc6c6ccccc65)ccc4n3c3ccccc3c3ncccc3n21. The Hall–Kier alpha value is -6.01. The highest BCUT2D eigenvalue weighted by molar-refractivity contribution is 6.10. The minimum atomic E-state index is 0.791. The van der Waals surface area contributed by atoms with Crippen LogP contribution in [0.5, 0.6) is 0 Å². The van der Waals surface area contributed by atoms with Crippen molar-refractivity contribution in [3.05, 3.63) is 134 Å². The second-order valence-electron chi connectivity index (χ2n) is 11.0. The van der Waals surface area contributed by atoms with Gasteiger partial charge >= 0.3 is 0 Å². The molecule has 5 heterocycles. The number of aromatic nitrogens is 6. The molecule has 10 aromatic rings. The standard InChI is InChI=1S/C37H22N6/c1-5-14-29-24(10-1)25-11-2-6-15-30(25)41(29)23-19-20-33-28(22-23)40-37-36-39-27-13-4-8-17-32(27)43(36)34-18-9-21-38-35(34)26-12-3-7-16-31(26)42(33)37/h1-22H. The molecule has 0 N–H and O–H groups in total. The molecular weight excluding hydrogens is 528 g/mol. The van der Waals surface area contributed by atoms with E-state index in [4.69, 9.17) is 15.0 Å². The Kier molecular flexibility index (Phi) is 4.36. The van der Waals surface area contributed by atoms with E-state index < -0.39 is 0 Å². The number of para-hydroxylation sites is 5. The zero-order valence-corrected chi connectivity index (χ0v) is 22.9. The van der Waals surface area contributed by atoms with Crippen LogP contribution < -0.4 is 0 Å². The molecule has 6 nitrogen and oxygen atoms in total. The fourth-order valence-electron chi connectivity index (χ4n) is 6.88. The number of rotatable bonds is 1. The van der Waals surface area contributed by atoms with Crippen molar-refractivity contribution in [3.8, 4) is 5.69 Å². The Bertz CT molecular complexity index is 2740. The lowest BCUT2D eigenvalue weighted by Gasteiger charge is -2.09. The molecular formula is C37H22N6. The van der Waals surface area contributed by atoms with E-state index in [0.29, 0.717) is 0 Å². The van der Waals surface area contributed by atoms with Gasteiger partial charge in [-0.3, -0.25) is 13.8 Å². The molecule has 0 bridgehead atoms. The van der Waals surface area contributed by atoms with Crippen molar-refractivity contribution < 1.29 is 0 Å². The second-order valence-corrected chi connectivity index (χ2v) is 11.0. The van der Waals surface area contributed by atoms with E-state index in [1.807, 2.05) is 18.3 Å². The van der Waals surface area contributed by atoms with Crippen LogP contribution >= 0.6 is 0 Å². The van der Waals surface area contributed by atoms with Gasteiger partial charge in [-0.15, -0.1) is 0 Å². The molecule has 0 saturated heterocycles. The molecule has 6 heteroatoms. The maximum Gasteiger partial charge on any atom is 0.182 e. The van der Waals surface area contributed by atoms with E-state index in [1.54, 1.807) is 0 Å². The van der Waals surface area contributed by atoms with E-state index >= 15 is 0 Å². The molecule has 43 heavy (non-hydrogen) atoms. The van der Waals surface area contributed by atoms with Crippen LogP contribution in [0.15, 0.2) is 134 Å². The summed E-state index contributed by atoms with van der Waals surface area (Å²) in [7, 11) is 0. The first-order valence-corrected chi connectivity index (χ1v) is 14.4. The van der Waals surface area contributed by atoms with Gasteiger partial charge in [0.05, 0.1) is 49.7 Å². The zero-order valence-electron chi connectivity index (χ0n) is 22.9. The topological polar surface area (TPSA) is 52.4 Å². The summed E-state index contributed by atoms with van der Waals surface area (Å²) in [6.07, 6.45) is 1.86. The molecule has 10 rings (SSSR count). The van der Waals surface area contributed by atoms with Crippen LogP contribution in [0.4, 0.5) is 0 Å². The molecule has 200 valence electrons. The number of nitrogens with zero attached hydrogens (tertiary/aromatic N) is 6. The molecule has 0 radical (unpaired) electrons. The summed E-state index contributed by atoms with van der Waals surface area (Å²) in [4.78, 5) is 15.4. The quantitative estimate of drug-likeness (QED) is 0.206. The Balaban J connectivity index is 1.42. The smallest absolute Gasteiger partial charge is 0.182 e. The maximum atomic E-state index is 5.34. The van der Waals surface area contributed by atoms with Gasteiger partial charge < -0.3 is 4.57 Å². The third kappa shape index (κ3) is 2.99. The number of hydrogen-bond donors (Lipinski definition) is 0. The number of hydrogen-bond acceptors (Lipinski definition) is 3. The largest absolute Gasteiger partial charge is 0.309 e. The highest BCUT2D eigenvalue weighted by Gasteiger charge is 2.18. The Morgan fingerprint density at radius 2 is 0.977 bits per heavy atom. The average molecular weight is 551 g/mol. The number of benzene rings is 5. The number of fused-ring (bicyclic) bond motifs is 15. The normalized spacial score (nSPS) is 12.2. The van der Waals surface area contributed by atoms with Crippen LogP contribution in [0.25, 0.3) is 82.8 Å². The van der Waals surface area contributed by atoms with Crippen molar-refractivity contribution in [1.82, 2.24) is 28.3 Å². The van der Waals surface area contributed by atoms with E-state index in [0.717, 1.165) is 61.0 Å². The van der Waals surface area contributed by atoms with E-state index in [1.165, 1.54) is 21.8 Å². The summed E-state index contributed by atoms with van der Waals surface area (Å²) in [5.41, 5.74) is 11.8. The van der Waals surface area contributed by atoms with Gasteiger partial charge in [0.1, 0.15) is 0 Å². The highest BCUT2D eigenvalue weighted by atomic mass is 15.1. The van der Waals surface area contributed by atoms with Gasteiger partial charge in [-0.2, -0.15) is 0 Å². The van der Waals surface area contributed by atoms with Crippen LogP contribution in [-0.4, -0.2) is 28.3 Å². The van der Waals surface area contributed by atoms with Gasteiger partial charge in [-0.25, -0.2) is 9.97 Å². The molecule has 0 aliphatic heterocycles. The lowest BCUT2D eigenvalue weighted by Crippen LogP contribution is -1.95. The van der Waals surface area contributed by atoms with Gasteiger partial charge in [0.2, 0.25) is 0 Å². The summed E-state index contributed by atoms with van der Waals surface area (Å²) in [5, 5.41) is 3.53. The van der Waals surface area contributed by atoms with Crippen molar-refractivity contribution in [2.45, 2.75) is 0 Å². The Morgan fingerprint density at radius 1 is 0.419 bits per heavy atom. The van der Waals surface area contributed by atoms with Crippen LogP contribution in [0.1, 0.15) is 0 Å². The van der Waals surface area contributed by atoms with Crippen molar-refractivity contribution in [1.29, 1.82) is 0 Å². The average Bonchev–Trinajstić information content (AvgIpc) is 3.73. The van der Waals surface area contributed by atoms with Gasteiger partial charge in [0.15, 0.2) is 11.3 Å². The molecule has 0 amide bonds. The molecule has 0 spiro atoms. The lowest BCUT2D eigenvalue weighted by atomic mass is 10.2. The first-order valence-electron chi connectivity index (χ1n) is 14.4.